The average molecular weight is 410 g/mol. The molecule has 0 unspecified atom stereocenters. The lowest BCUT2D eigenvalue weighted by Crippen LogP contribution is -2.03. The highest BCUT2D eigenvalue weighted by Crippen LogP contribution is 2.20. The molecule has 0 aliphatic heterocycles. The number of amidine groups is 1. The van der Waals surface area contributed by atoms with Crippen molar-refractivity contribution in [3.05, 3.63) is 102 Å². The van der Waals surface area contributed by atoms with Crippen molar-refractivity contribution in [1.29, 1.82) is 5.41 Å². The Morgan fingerprint density at radius 3 is 2.74 bits per heavy atom. The number of hydrogen-bond donors (Lipinski definition) is 3. The fraction of sp³-hybridized carbons (Fsp3) is 0.0833. The Bertz CT molecular complexity index is 1240. The number of nitrogens with zero attached hydrogens (tertiary/aromatic N) is 3. The van der Waals surface area contributed by atoms with E-state index in [1.165, 1.54) is 0 Å². The molecule has 154 valence electrons. The van der Waals surface area contributed by atoms with Crippen molar-refractivity contribution in [2.45, 2.75) is 13.2 Å². The fourth-order valence-corrected chi connectivity index (χ4v) is 3.19. The number of fused-ring (bicyclic) bond motifs is 1. The molecule has 3 aromatic carbocycles. The number of ether oxygens (including phenoxy) is 1. The molecule has 4 N–H and O–H groups in total. The zero-order chi connectivity index (χ0) is 21.5. The van der Waals surface area contributed by atoms with Crippen LogP contribution in [0, 0.1) is 5.41 Å². The maximum Gasteiger partial charge on any atom is 0.176 e. The highest BCUT2D eigenvalue weighted by atomic mass is 16.5. The number of nitrogens with one attached hydrogen (secondary N) is 2. The van der Waals surface area contributed by atoms with E-state index in [0.29, 0.717) is 18.7 Å². The van der Waals surface area contributed by atoms with Gasteiger partial charge in [0, 0.05) is 29.2 Å². The Hall–Kier alpha value is -4.26. The number of pyridine rings is 1. The lowest BCUT2D eigenvalue weighted by molar-refractivity contribution is 0.302. The molecular formula is C24H22N6O. The summed E-state index contributed by atoms with van der Waals surface area (Å²) in [6, 6.07) is 27.4. The van der Waals surface area contributed by atoms with Crippen LogP contribution >= 0.6 is 0 Å². The Balaban J connectivity index is 1.38. The van der Waals surface area contributed by atoms with E-state index in [-0.39, 0.29) is 5.84 Å². The largest absolute Gasteiger partial charge is 0.487 e. The predicted molar refractivity (Wildman–Crippen MR) is 122 cm³/mol. The number of nitrogens with two attached hydrogens (primary N) is 1. The Kier molecular flexibility index (Phi) is 6.13. The summed E-state index contributed by atoms with van der Waals surface area (Å²) in [5.74, 6) is 5.82. The highest BCUT2D eigenvalue weighted by molar-refractivity contribution is 5.96. The number of aromatic nitrogens is 1. The van der Waals surface area contributed by atoms with Crippen LogP contribution in [0.15, 0.2) is 95.3 Å². The monoisotopic (exact) mass is 410 g/mol. The zero-order valence-corrected chi connectivity index (χ0v) is 16.8. The van der Waals surface area contributed by atoms with Crippen molar-refractivity contribution in [3.8, 4) is 5.75 Å². The minimum atomic E-state index is 0.0297. The molecule has 0 atom stereocenters. The van der Waals surface area contributed by atoms with Gasteiger partial charge in [-0.15, -0.1) is 5.11 Å². The predicted octanol–water partition coefficient (Wildman–Crippen LogP) is 5.08. The van der Waals surface area contributed by atoms with Crippen molar-refractivity contribution in [3.63, 3.8) is 0 Å². The van der Waals surface area contributed by atoms with E-state index in [4.69, 9.17) is 16.0 Å². The summed E-state index contributed by atoms with van der Waals surface area (Å²) in [6.45, 7) is 0.991. The number of rotatable bonds is 7. The van der Waals surface area contributed by atoms with Crippen LogP contribution in [0.3, 0.4) is 0 Å². The van der Waals surface area contributed by atoms with Crippen LogP contribution in [-0.2, 0) is 13.2 Å². The highest BCUT2D eigenvalue weighted by Gasteiger charge is 2.04. The second-order valence-corrected chi connectivity index (χ2v) is 6.93. The molecule has 0 spiro atoms. The van der Waals surface area contributed by atoms with Gasteiger partial charge in [-0.3, -0.25) is 5.41 Å². The number of para-hydroxylation sites is 1. The molecular weight excluding hydrogens is 388 g/mol. The average Bonchev–Trinajstić information content (AvgIpc) is 2.82. The molecule has 1 heterocycles. The normalized spacial score (nSPS) is 11.0. The number of hydrogen-bond acceptors (Lipinski definition) is 5. The van der Waals surface area contributed by atoms with Crippen LogP contribution in [0.4, 0.5) is 5.69 Å². The van der Waals surface area contributed by atoms with Gasteiger partial charge in [-0.2, -0.15) is 0 Å². The van der Waals surface area contributed by atoms with Crippen LogP contribution in [0.25, 0.3) is 10.9 Å². The van der Waals surface area contributed by atoms with Crippen LogP contribution in [0.5, 0.6) is 5.75 Å². The van der Waals surface area contributed by atoms with Gasteiger partial charge in [0.05, 0.1) is 11.2 Å². The van der Waals surface area contributed by atoms with Crippen LogP contribution in [0.2, 0.25) is 0 Å². The van der Waals surface area contributed by atoms with Gasteiger partial charge in [-0.25, -0.2) is 4.98 Å². The topological polar surface area (TPSA) is 109 Å². The Morgan fingerprint density at radius 1 is 0.968 bits per heavy atom. The lowest BCUT2D eigenvalue weighted by atomic mass is 10.1. The Labute approximate surface area is 180 Å². The van der Waals surface area contributed by atoms with E-state index in [2.05, 4.69) is 26.7 Å². The molecule has 1 aromatic heterocycles. The number of benzene rings is 3. The van der Waals surface area contributed by atoms with E-state index in [1.807, 2.05) is 72.8 Å². The molecule has 0 bridgehead atoms. The van der Waals surface area contributed by atoms with Crippen molar-refractivity contribution >= 4 is 22.4 Å². The summed E-state index contributed by atoms with van der Waals surface area (Å²) >= 11 is 0. The van der Waals surface area contributed by atoms with Crippen LogP contribution in [0.1, 0.15) is 16.8 Å². The molecule has 0 amide bonds. The van der Waals surface area contributed by atoms with Crippen molar-refractivity contribution in [2.75, 3.05) is 5.32 Å². The summed E-state index contributed by atoms with van der Waals surface area (Å²) in [5.41, 5.74) is 4.45. The molecule has 0 radical (unpaired) electrons. The summed E-state index contributed by atoms with van der Waals surface area (Å²) in [7, 11) is 0. The van der Waals surface area contributed by atoms with Gasteiger partial charge in [0.1, 0.15) is 12.4 Å². The third-order valence-corrected chi connectivity index (χ3v) is 4.73. The SMILES string of the molecule is N=C(N=NN)c1cccc(CNc2cccc(OCc3ccc4ccccc4n3)c2)c1. The van der Waals surface area contributed by atoms with Gasteiger partial charge in [0.2, 0.25) is 0 Å². The summed E-state index contributed by atoms with van der Waals surface area (Å²) in [5, 5.41) is 19.1. The molecule has 0 aliphatic carbocycles. The minimum Gasteiger partial charge on any atom is -0.487 e. The standard InChI is InChI=1S/C24H22N6O/c25-24(29-30-26)19-7-3-5-17(13-19)15-27-20-8-4-9-22(14-20)31-16-21-12-11-18-6-1-2-10-23(18)28-21/h1-14,27H,15-16H2,(H3,25,26,29). The Morgan fingerprint density at radius 2 is 1.84 bits per heavy atom. The quantitative estimate of drug-likeness (QED) is 0.130. The molecule has 7 heteroatoms. The van der Waals surface area contributed by atoms with E-state index in [0.717, 1.165) is 33.6 Å². The summed E-state index contributed by atoms with van der Waals surface area (Å²) < 4.78 is 5.95. The van der Waals surface area contributed by atoms with Crippen molar-refractivity contribution in [2.24, 2.45) is 16.2 Å². The third kappa shape index (κ3) is 5.22. The van der Waals surface area contributed by atoms with E-state index < -0.39 is 0 Å². The summed E-state index contributed by atoms with van der Waals surface area (Å²) in [6.07, 6.45) is 0. The number of anilines is 1. The van der Waals surface area contributed by atoms with Crippen molar-refractivity contribution in [1.82, 2.24) is 4.98 Å². The summed E-state index contributed by atoms with van der Waals surface area (Å²) in [4.78, 5) is 4.64. The van der Waals surface area contributed by atoms with Crippen molar-refractivity contribution < 1.29 is 4.74 Å². The maximum atomic E-state index is 7.83. The molecule has 31 heavy (non-hydrogen) atoms. The van der Waals surface area contributed by atoms with Gasteiger partial charge >= 0.3 is 0 Å². The minimum absolute atomic E-state index is 0.0297. The van der Waals surface area contributed by atoms with Gasteiger partial charge in [0.15, 0.2) is 5.84 Å². The first-order valence-electron chi connectivity index (χ1n) is 9.81. The maximum absolute atomic E-state index is 7.83. The first-order valence-corrected chi connectivity index (χ1v) is 9.81. The zero-order valence-electron chi connectivity index (χ0n) is 16.8. The molecule has 4 aromatic rings. The van der Waals surface area contributed by atoms with Crippen LogP contribution < -0.4 is 15.9 Å². The molecule has 4 rings (SSSR count). The second kappa shape index (κ2) is 9.49. The van der Waals surface area contributed by atoms with Gasteiger partial charge < -0.3 is 15.9 Å². The fourth-order valence-electron chi connectivity index (χ4n) is 3.19. The molecule has 0 saturated heterocycles. The lowest BCUT2D eigenvalue weighted by Gasteiger charge is -2.11. The second-order valence-electron chi connectivity index (χ2n) is 6.93. The smallest absolute Gasteiger partial charge is 0.176 e. The third-order valence-electron chi connectivity index (χ3n) is 4.73. The van der Waals surface area contributed by atoms with Gasteiger partial charge in [-0.1, -0.05) is 53.8 Å². The van der Waals surface area contributed by atoms with Crippen LogP contribution in [-0.4, -0.2) is 10.8 Å². The van der Waals surface area contributed by atoms with E-state index >= 15 is 0 Å². The van der Waals surface area contributed by atoms with E-state index in [1.54, 1.807) is 6.07 Å². The first kappa shape index (κ1) is 20.0. The molecule has 0 saturated carbocycles. The first-order chi connectivity index (χ1) is 15.2. The molecule has 0 fully saturated rings. The van der Waals surface area contributed by atoms with E-state index in [9.17, 15) is 0 Å². The molecule has 7 nitrogen and oxygen atoms in total. The van der Waals surface area contributed by atoms with Gasteiger partial charge in [-0.05, 0) is 35.9 Å². The molecule has 0 aliphatic rings. The van der Waals surface area contributed by atoms with Gasteiger partial charge in [0.25, 0.3) is 0 Å².